The van der Waals surface area contributed by atoms with Gasteiger partial charge in [-0.2, -0.15) is 0 Å². The highest BCUT2D eigenvalue weighted by Gasteiger charge is 2.22. The van der Waals surface area contributed by atoms with E-state index in [1.165, 1.54) is 0 Å². The van der Waals surface area contributed by atoms with Crippen molar-refractivity contribution in [3.05, 3.63) is 29.8 Å². The predicted molar refractivity (Wildman–Crippen MR) is 88.2 cm³/mol. The molecule has 5 heteroatoms. The Labute approximate surface area is 133 Å². The van der Waals surface area contributed by atoms with Crippen LogP contribution in [0, 0.1) is 0 Å². The molecule has 1 heterocycles. The summed E-state index contributed by atoms with van der Waals surface area (Å²) in [6.45, 7) is 9.11. The molecule has 2 rings (SSSR count). The quantitative estimate of drug-likeness (QED) is 0.867. The summed E-state index contributed by atoms with van der Waals surface area (Å²) in [5, 5.41) is 0. The molecule has 1 fully saturated rings. The SMILES string of the molecule is CC(C)Oc1cccc(C(=O)N2CCN(CCCN)CC2)c1. The first kappa shape index (κ1) is 16.8. The Hall–Kier alpha value is -1.59. The fourth-order valence-electron chi connectivity index (χ4n) is 2.65. The second kappa shape index (κ2) is 8.15. The third kappa shape index (κ3) is 4.71. The summed E-state index contributed by atoms with van der Waals surface area (Å²) < 4.78 is 5.66. The van der Waals surface area contributed by atoms with Gasteiger partial charge in [0, 0.05) is 31.7 Å². The average Bonchev–Trinajstić information content (AvgIpc) is 2.52. The molecule has 2 N–H and O–H groups in total. The number of hydrogen-bond acceptors (Lipinski definition) is 4. The number of carbonyl (C=O) groups excluding carboxylic acids is 1. The van der Waals surface area contributed by atoms with Crippen molar-refractivity contribution in [3.8, 4) is 5.75 Å². The van der Waals surface area contributed by atoms with Crippen LogP contribution < -0.4 is 10.5 Å². The van der Waals surface area contributed by atoms with Gasteiger partial charge in [0.1, 0.15) is 5.75 Å². The van der Waals surface area contributed by atoms with E-state index in [2.05, 4.69) is 4.90 Å². The van der Waals surface area contributed by atoms with Gasteiger partial charge in [-0.1, -0.05) is 6.07 Å². The number of nitrogens with zero attached hydrogens (tertiary/aromatic N) is 2. The Morgan fingerprint density at radius 1 is 1.27 bits per heavy atom. The van der Waals surface area contributed by atoms with E-state index in [0.29, 0.717) is 5.56 Å². The van der Waals surface area contributed by atoms with Crippen LogP contribution in [0.5, 0.6) is 5.75 Å². The lowest BCUT2D eigenvalue weighted by molar-refractivity contribution is 0.0636. The number of piperazine rings is 1. The molecule has 0 unspecified atom stereocenters. The molecule has 1 amide bonds. The zero-order valence-electron chi connectivity index (χ0n) is 13.6. The highest BCUT2D eigenvalue weighted by molar-refractivity contribution is 5.94. The number of nitrogens with two attached hydrogens (primary N) is 1. The molecule has 0 spiro atoms. The summed E-state index contributed by atoms with van der Waals surface area (Å²) in [5.41, 5.74) is 6.25. The van der Waals surface area contributed by atoms with Gasteiger partial charge in [-0.05, 0) is 51.6 Å². The fourth-order valence-corrected chi connectivity index (χ4v) is 2.65. The van der Waals surface area contributed by atoms with Crippen LogP contribution in [-0.2, 0) is 0 Å². The second-order valence-corrected chi connectivity index (χ2v) is 5.97. The van der Waals surface area contributed by atoms with Crippen molar-refractivity contribution in [2.75, 3.05) is 39.3 Å². The largest absolute Gasteiger partial charge is 0.491 e. The standard InChI is InChI=1S/C17H27N3O2/c1-14(2)22-16-6-3-5-15(13-16)17(21)20-11-9-19(10-12-20)8-4-7-18/h3,5-6,13-14H,4,7-12,18H2,1-2H3. The van der Waals surface area contributed by atoms with Crippen LogP contribution in [0.4, 0.5) is 0 Å². The van der Waals surface area contributed by atoms with Crippen LogP contribution in [0.25, 0.3) is 0 Å². The zero-order valence-corrected chi connectivity index (χ0v) is 13.6. The molecule has 0 aromatic heterocycles. The van der Waals surface area contributed by atoms with E-state index in [1.54, 1.807) is 0 Å². The van der Waals surface area contributed by atoms with E-state index in [0.717, 1.165) is 51.4 Å². The minimum atomic E-state index is 0.0904. The monoisotopic (exact) mass is 305 g/mol. The lowest BCUT2D eigenvalue weighted by Crippen LogP contribution is -2.49. The molecule has 0 atom stereocenters. The Morgan fingerprint density at radius 2 is 2.00 bits per heavy atom. The highest BCUT2D eigenvalue weighted by Crippen LogP contribution is 2.17. The first-order valence-electron chi connectivity index (χ1n) is 8.08. The maximum Gasteiger partial charge on any atom is 0.254 e. The lowest BCUT2D eigenvalue weighted by Gasteiger charge is -2.34. The summed E-state index contributed by atoms with van der Waals surface area (Å²) in [4.78, 5) is 16.9. The van der Waals surface area contributed by atoms with Crippen LogP contribution in [-0.4, -0.2) is 61.1 Å². The summed E-state index contributed by atoms with van der Waals surface area (Å²) in [7, 11) is 0. The molecular formula is C17H27N3O2. The number of ether oxygens (including phenoxy) is 1. The summed E-state index contributed by atoms with van der Waals surface area (Å²) in [6, 6.07) is 7.46. The van der Waals surface area contributed by atoms with Crippen LogP contribution in [0.3, 0.4) is 0 Å². The smallest absolute Gasteiger partial charge is 0.254 e. The first-order valence-corrected chi connectivity index (χ1v) is 8.08. The van der Waals surface area contributed by atoms with Gasteiger partial charge in [-0.15, -0.1) is 0 Å². The minimum absolute atomic E-state index is 0.0904. The van der Waals surface area contributed by atoms with E-state index < -0.39 is 0 Å². The van der Waals surface area contributed by atoms with Crippen molar-refractivity contribution in [3.63, 3.8) is 0 Å². The fraction of sp³-hybridized carbons (Fsp3) is 0.588. The van der Waals surface area contributed by atoms with Crippen LogP contribution in [0.1, 0.15) is 30.6 Å². The third-order valence-electron chi connectivity index (χ3n) is 3.79. The van der Waals surface area contributed by atoms with E-state index in [1.807, 2.05) is 43.0 Å². The van der Waals surface area contributed by atoms with Crippen molar-refractivity contribution in [1.82, 2.24) is 9.80 Å². The van der Waals surface area contributed by atoms with Crippen LogP contribution >= 0.6 is 0 Å². The Morgan fingerprint density at radius 3 is 2.64 bits per heavy atom. The molecule has 0 radical (unpaired) electrons. The third-order valence-corrected chi connectivity index (χ3v) is 3.79. The Balaban J connectivity index is 1.92. The maximum absolute atomic E-state index is 12.6. The second-order valence-electron chi connectivity index (χ2n) is 5.97. The molecule has 1 aromatic carbocycles. The molecule has 0 aliphatic carbocycles. The van der Waals surface area contributed by atoms with E-state index in [9.17, 15) is 4.79 Å². The normalized spacial score (nSPS) is 16.1. The Kier molecular flexibility index (Phi) is 6.21. The molecular weight excluding hydrogens is 278 g/mol. The number of benzene rings is 1. The maximum atomic E-state index is 12.6. The number of carbonyl (C=O) groups is 1. The summed E-state index contributed by atoms with van der Waals surface area (Å²) >= 11 is 0. The van der Waals surface area contributed by atoms with Gasteiger partial charge in [0.15, 0.2) is 0 Å². The van der Waals surface area contributed by atoms with Crippen molar-refractivity contribution in [2.45, 2.75) is 26.4 Å². The highest BCUT2D eigenvalue weighted by atomic mass is 16.5. The molecule has 1 aliphatic heterocycles. The van der Waals surface area contributed by atoms with E-state index in [-0.39, 0.29) is 12.0 Å². The van der Waals surface area contributed by atoms with Crippen LogP contribution in [0.15, 0.2) is 24.3 Å². The van der Waals surface area contributed by atoms with Gasteiger partial charge in [0.2, 0.25) is 0 Å². The molecule has 0 bridgehead atoms. The summed E-state index contributed by atoms with van der Waals surface area (Å²) in [6.07, 6.45) is 1.12. The van der Waals surface area contributed by atoms with Gasteiger partial charge in [-0.3, -0.25) is 9.69 Å². The van der Waals surface area contributed by atoms with Crippen molar-refractivity contribution < 1.29 is 9.53 Å². The van der Waals surface area contributed by atoms with Gasteiger partial charge >= 0.3 is 0 Å². The number of amides is 1. The molecule has 5 nitrogen and oxygen atoms in total. The number of hydrogen-bond donors (Lipinski definition) is 1. The van der Waals surface area contributed by atoms with Crippen molar-refractivity contribution >= 4 is 5.91 Å². The van der Waals surface area contributed by atoms with Gasteiger partial charge < -0.3 is 15.4 Å². The molecule has 1 aromatic rings. The topological polar surface area (TPSA) is 58.8 Å². The predicted octanol–water partition coefficient (Wildman–Crippen LogP) is 1.58. The van der Waals surface area contributed by atoms with Gasteiger partial charge in [0.05, 0.1) is 6.10 Å². The van der Waals surface area contributed by atoms with Gasteiger partial charge in [-0.25, -0.2) is 0 Å². The number of rotatable bonds is 6. The van der Waals surface area contributed by atoms with E-state index in [4.69, 9.17) is 10.5 Å². The van der Waals surface area contributed by atoms with Crippen molar-refractivity contribution in [1.29, 1.82) is 0 Å². The molecule has 1 saturated heterocycles. The molecule has 122 valence electrons. The zero-order chi connectivity index (χ0) is 15.9. The molecule has 22 heavy (non-hydrogen) atoms. The lowest BCUT2D eigenvalue weighted by atomic mass is 10.1. The molecule has 1 aliphatic rings. The van der Waals surface area contributed by atoms with Crippen LogP contribution in [0.2, 0.25) is 0 Å². The first-order chi connectivity index (χ1) is 10.6. The van der Waals surface area contributed by atoms with Crippen molar-refractivity contribution in [2.24, 2.45) is 5.73 Å². The van der Waals surface area contributed by atoms with Gasteiger partial charge in [0.25, 0.3) is 5.91 Å². The van der Waals surface area contributed by atoms with E-state index >= 15 is 0 Å². The molecule has 0 saturated carbocycles. The average molecular weight is 305 g/mol. The Bertz CT molecular complexity index is 483. The minimum Gasteiger partial charge on any atom is -0.491 e. The summed E-state index contributed by atoms with van der Waals surface area (Å²) in [5.74, 6) is 0.843.